The molecule has 0 aliphatic heterocycles. The molecule has 1 aromatic heterocycles. The topological polar surface area (TPSA) is 25.8 Å². The largest absolute Gasteiger partial charge is 0.255 e. The van der Waals surface area contributed by atoms with Crippen molar-refractivity contribution in [3.8, 4) is 11.1 Å². The average Bonchev–Trinajstić information content (AvgIpc) is 2.71. The van der Waals surface area contributed by atoms with Crippen LogP contribution in [0.15, 0.2) is 37.2 Å². The van der Waals surface area contributed by atoms with Crippen molar-refractivity contribution in [2.24, 2.45) is 5.92 Å². The molecule has 2 atom stereocenters. The van der Waals surface area contributed by atoms with E-state index in [4.69, 9.17) is 0 Å². The van der Waals surface area contributed by atoms with Crippen LogP contribution in [-0.2, 0) is 6.42 Å². The minimum absolute atomic E-state index is 0.0190. The molecule has 0 amide bonds. The van der Waals surface area contributed by atoms with Gasteiger partial charge in [-0.1, -0.05) is 38.0 Å². The van der Waals surface area contributed by atoms with Gasteiger partial charge in [0, 0.05) is 36.4 Å². The molecule has 1 aliphatic carbocycles. The van der Waals surface area contributed by atoms with E-state index in [-0.39, 0.29) is 23.5 Å². The highest BCUT2D eigenvalue weighted by atomic mass is 19.3. The molecule has 1 aliphatic rings. The zero-order valence-electron chi connectivity index (χ0n) is 16.6. The Bertz CT molecular complexity index is 849. The normalized spacial score (nSPS) is 21.1. The predicted octanol–water partition coefficient (Wildman–Crippen LogP) is 6.86. The molecule has 156 valence electrons. The van der Waals surface area contributed by atoms with Crippen LogP contribution in [0.25, 0.3) is 11.1 Å². The highest BCUT2D eigenvalue weighted by Gasteiger charge is 2.46. The molecule has 0 radical (unpaired) electrons. The Labute approximate surface area is 169 Å². The summed E-state index contributed by atoms with van der Waals surface area (Å²) in [6, 6.07) is 2.62. The SMILES string of the molecule is C=CC1CCC(c2ccc(-c3cnc(CCCCC)nc3)c(F)c2F)C(F)(F)C1. The lowest BCUT2D eigenvalue weighted by Crippen LogP contribution is -2.34. The van der Waals surface area contributed by atoms with Gasteiger partial charge in [-0.2, -0.15) is 0 Å². The number of aromatic nitrogens is 2. The first-order valence-electron chi connectivity index (χ1n) is 10.2. The van der Waals surface area contributed by atoms with Crippen LogP contribution in [0.3, 0.4) is 0 Å². The third-order valence-corrected chi connectivity index (χ3v) is 5.71. The Kier molecular flexibility index (Phi) is 6.70. The van der Waals surface area contributed by atoms with Gasteiger partial charge in [0.05, 0.1) is 5.92 Å². The number of nitrogens with zero attached hydrogens (tertiary/aromatic N) is 2. The maximum absolute atomic E-state index is 14.8. The van der Waals surface area contributed by atoms with Crippen LogP contribution in [0, 0.1) is 17.6 Å². The summed E-state index contributed by atoms with van der Waals surface area (Å²) in [5.74, 6) is -6.43. The maximum Gasteiger partial charge on any atom is 0.255 e. The Morgan fingerprint density at radius 3 is 2.45 bits per heavy atom. The summed E-state index contributed by atoms with van der Waals surface area (Å²) >= 11 is 0. The van der Waals surface area contributed by atoms with E-state index in [1.165, 1.54) is 30.6 Å². The average molecular weight is 406 g/mol. The van der Waals surface area contributed by atoms with E-state index >= 15 is 0 Å². The van der Waals surface area contributed by atoms with Gasteiger partial charge in [-0.15, -0.1) is 6.58 Å². The van der Waals surface area contributed by atoms with Gasteiger partial charge in [0.2, 0.25) is 0 Å². The molecule has 0 saturated heterocycles. The van der Waals surface area contributed by atoms with E-state index in [9.17, 15) is 17.6 Å². The fourth-order valence-electron chi connectivity index (χ4n) is 3.98. The van der Waals surface area contributed by atoms with E-state index in [0.29, 0.717) is 17.8 Å². The second-order valence-electron chi connectivity index (χ2n) is 7.77. The quantitative estimate of drug-likeness (QED) is 0.285. The highest BCUT2D eigenvalue weighted by molar-refractivity contribution is 5.63. The highest BCUT2D eigenvalue weighted by Crippen LogP contribution is 2.48. The van der Waals surface area contributed by atoms with Crippen LogP contribution in [0.2, 0.25) is 0 Å². The summed E-state index contributed by atoms with van der Waals surface area (Å²) in [5, 5.41) is 0. The van der Waals surface area contributed by atoms with Crippen molar-refractivity contribution < 1.29 is 17.6 Å². The van der Waals surface area contributed by atoms with Gasteiger partial charge in [-0.3, -0.25) is 0 Å². The van der Waals surface area contributed by atoms with E-state index < -0.39 is 29.9 Å². The monoisotopic (exact) mass is 406 g/mol. The summed E-state index contributed by atoms with van der Waals surface area (Å²) in [4.78, 5) is 8.44. The lowest BCUT2D eigenvalue weighted by molar-refractivity contribution is -0.0668. The van der Waals surface area contributed by atoms with Gasteiger partial charge >= 0.3 is 0 Å². The van der Waals surface area contributed by atoms with Crippen molar-refractivity contribution in [3.05, 3.63) is 60.2 Å². The van der Waals surface area contributed by atoms with Gasteiger partial charge in [0.15, 0.2) is 11.6 Å². The summed E-state index contributed by atoms with van der Waals surface area (Å²) in [5.41, 5.74) is 0.0413. The van der Waals surface area contributed by atoms with Crippen LogP contribution in [-0.4, -0.2) is 15.9 Å². The van der Waals surface area contributed by atoms with Crippen LogP contribution in [0.4, 0.5) is 17.6 Å². The van der Waals surface area contributed by atoms with Crippen molar-refractivity contribution in [2.75, 3.05) is 0 Å². The molecule has 0 spiro atoms. The first kappa shape index (κ1) is 21.5. The summed E-state index contributed by atoms with van der Waals surface area (Å²) in [7, 11) is 0. The number of hydrogen-bond acceptors (Lipinski definition) is 2. The van der Waals surface area contributed by atoms with Crippen molar-refractivity contribution in [3.63, 3.8) is 0 Å². The number of rotatable bonds is 7. The molecular weight excluding hydrogens is 380 g/mol. The third kappa shape index (κ3) is 4.68. The van der Waals surface area contributed by atoms with Gasteiger partial charge in [-0.05, 0) is 30.7 Å². The number of allylic oxidation sites excluding steroid dienone is 1. The third-order valence-electron chi connectivity index (χ3n) is 5.71. The lowest BCUT2D eigenvalue weighted by atomic mass is 9.75. The van der Waals surface area contributed by atoms with Crippen molar-refractivity contribution in [1.82, 2.24) is 9.97 Å². The minimum Gasteiger partial charge on any atom is -0.241 e. The van der Waals surface area contributed by atoms with Gasteiger partial charge < -0.3 is 0 Å². The smallest absolute Gasteiger partial charge is 0.241 e. The molecule has 29 heavy (non-hydrogen) atoms. The Morgan fingerprint density at radius 2 is 1.83 bits per heavy atom. The predicted molar refractivity (Wildman–Crippen MR) is 106 cm³/mol. The number of aryl methyl sites for hydroxylation is 1. The molecule has 6 heteroatoms. The molecular formula is C23H26F4N2. The van der Waals surface area contributed by atoms with Crippen LogP contribution < -0.4 is 0 Å². The number of benzene rings is 1. The fraction of sp³-hybridized carbons (Fsp3) is 0.478. The lowest BCUT2D eigenvalue weighted by Gasteiger charge is -2.35. The van der Waals surface area contributed by atoms with Gasteiger partial charge in [-0.25, -0.2) is 27.5 Å². The maximum atomic E-state index is 14.8. The molecule has 1 aromatic carbocycles. The van der Waals surface area contributed by atoms with Crippen LogP contribution >= 0.6 is 0 Å². The summed E-state index contributed by atoms with van der Waals surface area (Å²) < 4.78 is 58.6. The fourth-order valence-corrected chi connectivity index (χ4v) is 3.98. The van der Waals surface area contributed by atoms with E-state index in [1.807, 2.05) is 0 Å². The number of hydrogen-bond donors (Lipinski definition) is 0. The molecule has 1 heterocycles. The second-order valence-corrected chi connectivity index (χ2v) is 7.77. The van der Waals surface area contributed by atoms with E-state index in [0.717, 1.165) is 25.7 Å². The Morgan fingerprint density at radius 1 is 1.10 bits per heavy atom. The zero-order chi connectivity index (χ0) is 21.0. The number of alkyl halides is 2. The molecule has 3 rings (SSSR count). The number of unbranched alkanes of at least 4 members (excludes halogenated alkanes) is 2. The molecule has 2 aromatic rings. The molecule has 0 bridgehead atoms. The first-order valence-corrected chi connectivity index (χ1v) is 10.2. The van der Waals surface area contributed by atoms with Crippen molar-refractivity contribution >= 4 is 0 Å². The Balaban J connectivity index is 1.84. The summed E-state index contributed by atoms with van der Waals surface area (Å²) in [6.45, 7) is 5.68. The van der Waals surface area contributed by atoms with Gasteiger partial charge in [0.1, 0.15) is 5.82 Å². The number of halogens is 4. The molecule has 0 N–H and O–H groups in total. The Hall–Kier alpha value is -2.24. The standard InChI is InChI=1S/C23H26F4N2/c1-3-5-6-7-20-28-13-16(14-29-20)17-9-10-18(22(25)21(17)24)19-11-8-15(4-2)12-23(19,26)27/h4,9-10,13-15,19H,2-3,5-8,11-12H2,1H3. The van der Waals surface area contributed by atoms with Crippen molar-refractivity contribution in [2.45, 2.75) is 63.7 Å². The zero-order valence-corrected chi connectivity index (χ0v) is 16.6. The molecule has 1 fully saturated rings. The van der Waals surface area contributed by atoms with Crippen molar-refractivity contribution in [1.29, 1.82) is 0 Å². The molecule has 2 nitrogen and oxygen atoms in total. The van der Waals surface area contributed by atoms with Crippen LogP contribution in [0.1, 0.15) is 62.8 Å². The summed E-state index contributed by atoms with van der Waals surface area (Å²) in [6.07, 6.45) is 8.46. The minimum atomic E-state index is -3.10. The van der Waals surface area contributed by atoms with Crippen LogP contribution in [0.5, 0.6) is 0 Å². The second kappa shape index (κ2) is 9.06. The van der Waals surface area contributed by atoms with E-state index in [2.05, 4.69) is 23.5 Å². The van der Waals surface area contributed by atoms with Gasteiger partial charge in [0.25, 0.3) is 5.92 Å². The molecule has 2 unspecified atom stereocenters. The van der Waals surface area contributed by atoms with E-state index in [1.54, 1.807) is 0 Å². The first-order chi connectivity index (χ1) is 13.9. The molecule has 1 saturated carbocycles.